The lowest BCUT2D eigenvalue weighted by Crippen LogP contribution is -2.22. The maximum Gasteiger partial charge on any atom is 0.243 e. The van der Waals surface area contributed by atoms with E-state index in [4.69, 9.17) is 0 Å². The Morgan fingerprint density at radius 2 is 1.60 bits per heavy atom. The van der Waals surface area contributed by atoms with Gasteiger partial charge < -0.3 is 5.32 Å². The Morgan fingerprint density at radius 3 is 2.23 bits per heavy atom. The molecule has 4 rings (SSSR count). The van der Waals surface area contributed by atoms with E-state index in [2.05, 4.69) is 69.9 Å². The third-order valence-corrected chi connectivity index (χ3v) is 5.88. The summed E-state index contributed by atoms with van der Waals surface area (Å²) in [6.07, 6.45) is 12.9. The molecule has 0 bridgehead atoms. The maximum absolute atomic E-state index is 12.3. The van der Waals surface area contributed by atoms with Crippen LogP contribution in [0.4, 0.5) is 0 Å². The Balaban J connectivity index is 1.30. The zero-order chi connectivity index (χ0) is 20.7. The van der Waals surface area contributed by atoms with Gasteiger partial charge in [-0.2, -0.15) is 0 Å². The van der Waals surface area contributed by atoms with E-state index in [1.54, 1.807) is 12.4 Å². The van der Waals surface area contributed by atoms with E-state index in [1.165, 1.54) is 11.1 Å². The highest BCUT2D eigenvalue weighted by Gasteiger charge is 2.54. The number of hydrogen-bond acceptors (Lipinski definition) is 3. The largest absolute Gasteiger partial charge is 0.353 e. The van der Waals surface area contributed by atoms with Gasteiger partial charge in [-0.1, -0.05) is 66.7 Å². The molecule has 2 aromatic carbocycles. The molecule has 1 atom stereocenters. The summed E-state index contributed by atoms with van der Waals surface area (Å²) in [5.74, 6) is 0.325. The van der Waals surface area contributed by atoms with Crippen molar-refractivity contribution < 1.29 is 4.79 Å². The molecular formula is C26H27N3O. The van der Waals surface area contributed by atoms with E-state index in [-0.39, 0.29) is 11.3 Å². The Kier molecular flexibility index (Phi) is 6.33. The highest BCUT2D eigenvalue weighted by atomic mass is 16.1. The molecule has 1 heterocycles. The molecule has 30 heavy (non-hydrogen) atoms. The number of carbonyl (C=O) groups excluding carboxylic acids is 1. The number of benzene rings is 2. The van der Waals surface area contributed by atoms with Crippen molar-refractivity contribution in [2.45, 2.75) is 31.1 Å². The zero-order valence-corrected chi connectivity index (χ0v) is 17.1. The summed E-state index contributed by atoms with van der Waals surface area (Å²) in [6, 6.07) is 21.2. The Labute approximate surface area is 178 Å². The smallest absolute Gasteiger partial charge is 0.243 e. The molecule has 1 aromatic heterocycles. The van der Waals surface area contributed by atoms with Crippen LogP contribution in [0.1, 0.15) is 36.0 Å². The number of aryl methyl sites for hydroxylation is 1. The second-order valence-electron chi connectivity index (χ2n) is 7.87. The van der Waals surface area contributed by atoms with Gasteiger partial charge in [-0.15, -0.1) is 0 Å². The Hall–Kier alpha value is -3.27. The fourth-order valence-electron chi connectivity index (χ4n) is 4.21. The van der Waals surface area contributed by atoms with E-state index in [9.17, 15) is 4.79 Å². The van der Waals surface area contributed by atoms with E-state index in [0.717, 1.165) is 31.2 Å². The van der Waals surface area contributed by atoms with Gasteiger partial charge in [0.25, 0.3) is 0 Å². The van der Waals surface area contributed by atoms with Gasteiger partial charge in [-0.3, -0.25) is 4.79 Å². The number of unbranched alkanes of at least 4 members (excludes halogenated alkanes) is 1. The van der Waals surface area contributed by atoms with Crippen molar-refractivity contribution in [3.63, 3.8) is 0 Å². The van der Waals surface area contributed by atoms with Crippen LogP contribution in [-0.4, -0.2) is 22.4 Å². The van der Waals surface area contributed by atoms with Crippen molar-refractivity contribution in [2.24, 2.45) is 5.92 Å². The van der Waals surface area contributed by atoms with Gasteiger partial charge in [0, 0.05) is 24.4 Å². The normalized spacial score (nSPS) is 17.0. The standard InChI is InChI=1S/C26H27N3O/c30-25(29-16-8-7-9-21-18-27-20-28-19-21)15-14-24-17-26(24,22-10-3-1-4-11-22)23-12-5-2-6-13-23/h1-6,10-15,18-20,24H,7-9,16-17H2,(H,29,30)/t24-/m1/s1. The van der Waals surface area contributed by atoms with Crippen molar-refractivity contribution in [2.75, 3.05) is 6.54 Å². The number of rotatable bonds is 9. The fraction of sp³-hybridized carbons (Fsp3) is 0.269. The van der Waals surface area contributed by atoms with E-state index in [0.29, 0.717) is 12.5 Å². The number of hydrogen-bond donors (Lipinski definition) is 1. The second kappa shape index (κ2) is 9.49. The van der Waals surface area contributed by atoms with Crippen molar-refractivity contribution in [3.05, 3.63) is 108 Å². The first-order valence-electron chi connectivity index (χ1n) is 10.6. The van der Waals surface area contributed by atoms with Crippen LogP contribution < -0.4 is 5.32 Å². The molecule has 1 aliphatic carbocycles. The molecule has 0 aliphatic heterocycles. The average molecular weight is 398 g/mol. The predicted molar refractivity (Wildman–Crippen MR) is 119 cm³/mol. The first kappa shape index (κ1) is 20.0. The lowest BCUT2D eigenvalue weighted by molar-refractivity contribution is -0.116. The van der Waals surface area contributed by atoms with Gasteiger partial charge in [0.1, 0.15) is 6.33 Å². The summed E-state index contributed by atoms with van der Waals surface area (Å²) >= 11 is 0. The minimum Gasteiger partial charge on any atom is -0.353 e. The molecule has 3 aromatic rings. The van der Waals surface area contributed by atoms with Crippen LogP contribution in [0.25, 0.3) is 0 Å². The highest BCUT2D eigenvalue weighted by Crippen LogP contribution is 2.59. The van der Waals surface area contributed by atoms with Crippen molar-refractivity contribution in [3.8, 4) is 0 Å². The minimum atomic E-state index is -0.0168. The highest BCUT2D eigenvalue weighted by molar-refractivity contribution is 5.87. The van der Waals surface area contributed by atoms with Gasteiger partial charge in [-0.05, 0) is 54.4 Å². The molecule has 1 amide bonds. The fourth-order valence-corrected chi connectivity index (χ4v) is 4.21. The molecule has 0 unspecified atom stereocenters. The van der Waals surface area contributed by atoms with Crippen LogP contribution in [0, 0.1) is 5.92 Å². The minimum absolute atomic E-state index is 0.0139. The van der Waals surface area contributed by atoms with Crippen LogP contribution in [0.15, 0.2) is 91.5 Å². The van der Waals surface area contributed by atoms with Crippen LogP contribution in [0.3, 0.4) is 0 Å². The van der Waals surface area contributed by atoms with E-state index < -0.39 is 0 Å². The van der Waals surface area contributed by atoms with Crippen LogP contribution in [0.5, 0.6) is 0 Å². The van der Waals surface area contributed by atoms with Crippen LogP contribution in [-0.2, 0) is 16.6 Å². The molecule has 0 saturated heterocycles. The number of allylic oxidation sites excluding steroid dienone is 1. The van der Waals surface area contributed by atoms with Gasteiger partial charge in [0.05, 0.1) is 0 Å². The Morgan fingerprint density at radius 1 is 0.967 bits per heavy atom. The monoisotopic (exact) mass is 397 g/mol. The number of aromatic nitrogens is 2. The summed E-state index contributed by atoms with van der Waals surface area (Å²) in [7, 11) is 0. The summed E-state index contributed by atoms with van der Waals surface area (Å²) in [6.45, 7) is 0.685. The number of carbonyl (C=O) groups is 1. The summed E-state index contributed by atoms with van der Waals surface area (Å²) < 4.78 is 0. The number of nitrogens with one attached hydrogen (secondary N) is 1. The first-order chi connectivity index (χ1) is 14.8. The van der Waals surface area contributed by atoms with Gasteiger partial charge in [0.2, 0.25) is 5.91 Å². The Bertz CT molecular complexity index is 931. The molecule has 152 valence electrons. The van der Waals surface area contributed by atoms with Gasteiger partial charge in [0.15, 0.2) is 0 Å². The number of amides is 1. The van der Waals surface area contributed by atoms with E-state index >= 15 is 0 Å². The lowest BCUT2D eigenvalue weighted by Gasteiger charge is -2.18. The summed E-state index contributed by atoms with van der Waals surface area (Å²) in [4.78, 5) is 20.3. The number of nitrogens with zero attached hydrogens (tertiary/aromatic N) is 2. The topological polar surface area (TPSA) is 54.9 Å². The van der Waals surface area contributed by atoms with Crippen molar-refractivity contribution in [1.82, 2.24) is 15.3 Å². The van der Waals surface area contributed by atoms with E-state index in [1.807, 2.05) is 24.5 Å². The molecule has 0 spiro atoms. The van der Waals surface area contributed by atoms with Crippen molar-refractivity contribution >= 4 is 5.91 Å². The molecule has 0 radical (unpaired) electrons. The molecule has 4 heteroatoms. The molecule has 1 aliphatic rings. The third-order valence-electron chi connectivity index (χ3n) is 5.88. The van der Waals surface area contributed by atoms with Crippen LogP contribution in [0.2, 0.25) is 0 Å². The maximum atomic E-state index is 12.3. The predicted octanol–water partition coefficient (Wildman–Crippen LogP) is 4.48. The average Bonchev–Trinajstić information content (AvgIpc) is 3.55. The first-order valence-corrected chi connectivity index (χ1v) is 10.6. The zero-order valence-electron chi connectivity index (χ0n) is 17.1. The second-order valence-corrected chi connectivity index (χ2v) is 7.87. The van der Waals surface area contributed by atoms with Gasteiger partial charge >= 0.3 is 0 Å². The molecule has 1 N–H and O–H groups in total. The van der Waals surface area contributed by atoms with Crippen molar-refractivity contribution in [1.29, 1.82) is 0 Å². The van der Waals surface area contributed by atoms with Gasteiger partial charge in [-0.25, -0.2) is 9.97 Å². The summed E-state index contributed by atoms with van der Waals surface area (Å²) in [5.41, 5.74) is 3.75. The van der Waals surface area contributed by atoms with Crippen LogP contribution >= 0.6 is 0 Å². The molecular weight excluding hydrogens is 370 g/mol. The lowest BCUT2D eigenvalue weighted by atomic mass is 9.85. The summed E-state index contributed by atoms with van der Waals surface area (Å²) in [5, 5.41) is 3.00. The molecule has 1 fully saturated rings. The third kappa shape index (κ3) is 4.65. The molecule has 4 nitrogen and oxygen atoms in total. The SMILES string of the molecule is O=C(C=C[C@@H]1CC1(c1ccccc1)c1ccccc1)NCCCCc1cncnc1. The molecule has 1 saturated carbocycles. The quantitative estimate of drug-likeness (QED) is 0.428.